The molecule has 0 radical (unpaired) electrons. The molecular weight excluding hydrogens is 440 g/mol. The highest BCUT2D eigenvalue weighted by Crippen LogP contribution is 2.35. The molecule has 0 saturated heterocycles. The SMILES string of the molecule is CCOc1cc(/C=C(\C#N)C(=O)Nc2cccc(C)c2)c(Br)cc1OCC(=O)O. The first-order valence-corrected chi connectivity index (χ1v) is 9.44. The van der Waals surface area contributed by atoms with Gasteiger partial charge < -0.3 is 19.9 Å². The molecule has 2 aromatic rings. The molecule has 1 amide bonds. The maximum Gasteiger partial charge on any atom is 0.341 e. The van der Waals surface area contributed by atoms with Crippen LogP contribution in [0.5, 0.6) is 11.5 Å². The lowest BCUT2D eigenvalue weighted by atomic mass is 10.1. The highest BCUT2D eigenvalue weighted by atomic mass is 79.9. The van der Waals surface area contributed by atoms with Crippen LogP contribution < -0.4 is 14.8 Å². The summed E-state index contributed by atoms with van der Waals surface area (Å²) in [6.07, 6.45) is 1.42. The number of aryl methyl sites for hydroxylation is 1. The second-order valence-corrected chi connectivity index (χ2v) is 6.78. The lowest BCUT2D eigenvalue weighted by Gasteiger charge is -2.13. The number of benzene rings is 2. The number of anilines is 1. The van der Waals surface area contributed by atoms with Crippen molar-refractivity contribution < 1.29 is 24.2 Å². The Bertz CT molecular complexity index is 995. The summed E-state index contributed by atoms with van der Waals surface area (Å²) in [5, 5.41) is 20.9. The molecule has 0 atom stereocenters. The predicted molar refractivity (Wildman–Crippen MR) is 112 cm³/mol. The summed E-state index contributed by atoms with van der Waals surface area (Å²) in [6.45, 7) is 3.48. The molecule has 0 aliphatic rings. The van der Waals surface area contributed by atoms with Gasteiger partial charge >= 0.3 is 5.97 Å². The Balaban J connectivity index is 2.33. The van der Waals surface area contributed by atoms with Crippen molar-refractivity contribution in [2.45, 2.75) is 13.8 Å². The average Bonchev–Trinajstić information content (AvgIpc) is 2.66. The maximum absolute atomic E-state index is 12.5. The van der Waals surface area contributed by atoms with Gasteiger partial charge in [0.25, 0.3) is 5.91 Å². The van der Waals surface area contributed by atoms with Gasteiger partial charge in [-0.3, -0.25) is 4.79 Å². The summed E-state index contributed by atoms with van der Waals surface area (Å²) >= 11 is 3.35. The van der Waals surface area contributed by atoms with Crippen molar-refractivity contribution in [3.05, 3.63) is 57.6 Å². The topological polar surface area (TPSA) is 109 Å². The fourth-order valence-corrected chi connectivity index (χ4v) is 2.84. The number of hydrogen-bond acceptors (Lipinski definition) is 5. The monoisotopic (exact) mass is 458 g/mol. The highest BCUT2D eigenvalue weighted by molar-refractivity contribution is 9.10. The molecule has 0 fully saturated rings. The molecule has 29 heavy (non-hydrogen) atoms. The van der Waals surface area contributed by atoms with Crippen molar-refractivity contribution >= 4 is 39.6 Å². The highest BCUT2D eigenvalue weighted by Gasteiger charge is 2.15. The van der Waals surface area contributed by atoms with Crippen LogP contribution in [0.1, 0.15) is 18.1 Å². The molecule has 0 unspecified atom stereocenters. The van der Waals surface area contributed by atoms with Crippen LogP contribution in [0.2, 0.25) is 0 Å². The number of carboxylic acid groups (broad SMARTS) is 1. The quantitative estimate of drug-likeness (QED) is 0.453. The molecule has 2 N–H and O–H groups in total. The Labute approximate surface area is 176 Å². The van der Waals surface area contributed by atoms with Crippen LogP contribution in [0.4, 0.5) is 5.69 Å². The number of carbonyl (C=O) groups excluding carboxylic acids is 1. The van der Waals surface area contributed by atoms with Crippen molar-refractivity contribution in [3.63, 3.8) is 0 Å². The van der Waals surface area contributed by atoms with Crippen LogP contribution in [0.25, 0.3) is 6.08 Å². The number of rotatable bonds is 8. The number of nitriles is 1. The van der Waals surface area contributed by atoms with E-state index in [0.717, 1.165) is 5.56 Å². The molecule has 0 aromatic heterocycles. The van der Waals surface area contributed by atoms with Crippen molar-refractivity contribution in [1.82, 2.24) is 0 Å². The van der Waals surface area contributed by atoms with Gasteiger partial charge in [-0.15, -0.1) is 0 Å². The zero-order valence-corrected chi connectivity index (χ0v) is 17.4. The fraction of sp³-hybridized carbons (Fsp3) is 0.190. The zero-order valence-electron chi connectivity index (χ0n) is 15.9. The lowest BCUT2D eigenvalue weighted by Crippen LogP contribution is -2.13. The Hall–Kier alpha value is -3.31. The lowest BCUT2D eigenvalue weighted by molar-refractivity contribution is -0.139. The molecular formula is C21H19BrN2O5. The van der Waals surface area contributed by atoms with Crippen LogP contribution in [0.15, 0.2) is 46.4 Å². The van der Waals surface area contributed by atoms with Gasteiger partial charge in [0.05, 0.1) is 6.61 Å². The fourth-order valence-electron chi connectivity index (χ4n) is 2.41. The molecule has 8 heteroatoms. The smallest absolute Gasteiger partial charge is 0.341 e. The molecule has 150 valence electrons. The molecule has 7 nitrogen and oxygen atoms in total. The standard InChI is InChI=1S/C21H19BrN2O5/c1-3-28-18-9-14(17(22)10-19(18)29-12-20(25)26)8-15(11-23)21(27)24-16-6-4-5-13(2)7-16/h4-10H,3,12H2,1-2H3,(H,24,27)(H,25,26)/b15-8+. The number of amides is 1. The first-order valence-electron chi connectivity index (χ1n) is 8.64. The first-order chi connectivity index (χ1) is 13.8. The normalized spacial score (nSPS) is 10.8. The third kappa shape index (κ3) is 6.36. The first kappa shape index (κ1) is 22.0. The summed E-state index contributed by atoms with van der Waals surface area (Å²) in [4.78, 5) is 23.2. The van der Waals surface area contributed by atoms with E-state index in [-0.39, 0.29) is 11.3 Å². The zero-order chi connectivity index (χ0) is 21.4. The summed E-state index contributed by atoms with van der Waals surface area (Å²) in [6, 6.07) is 12.2. The minimum absolute atomic E-state index is 0.103. The molecule has 0 bridgehead atoms. The largest absolute Gasteiger partial charge is 0.490 e. The molecule has 0 heterocycles. The van der Waals surface area contributed by atoms with Crippen LogP contribution in [0, 0.1) is 18.3 Å². The van der Waals surface area contributed by atoms with Gasteiger partial charge in [0.15, 0.2) is 18.1 Å². The minimum atomic E-state index is -1.12. The van der Waals surface area contributed by atoms with Crippen molar-refractivity contribution in [1.29, 1.82) is 5.26 Å². The van der Waals surface area contributed by atoms with Crippen molar-refractivity contribution in [3.8, 4) is 17.6 Å². The molecule has 2 aromatic carbocycles. The van der Waals surface area contributed by atoms with Crippen LogP contribution in [0.3, 0.4) is 0 Å². The van der Waals surface area contributed by atoms with E-state index in [9.17, 15) is 14.9 Å². The van der Waals surface area contributed by atoms with Gasteiger partial charge in [-0.25, -0.2) is 4.79 Å². The average molecular weight is 459 g/mol. The van der Waals surface area contributed by atoms with E-state index in [2.05, 4.69) is 21.2 Å². The number of nitrogens with one attached hydrogen (secondary N) is 1. The number of nitrogens with zero attached hydrogens (tertiary/aromatic N) is 1. The van der Waals surface area contributed by atoms with E-state index in [1.165, 1.54) is 12.1 Å². The van der Waals surface area contributed by atoms with E-state index >= 15 is 0 Å². The number of halogens is 1. The third-order valence-corrected chi connectivity index (χ3v) is 4.34. The predicted octanol–water partition coefficient (Wildman–Crippen LogP) is 4.17. The van der Waals surface area contributed by atoms with E-state index in [1.807, 2.05) is 25.1 Å². The number of hydrogen-bond donors (Lipinski definition) is 2. The van der Waals surface area contributed by atoms with E-state index in [0.29, 0.717) is 28.1 Å². The van der Waals surface area contributed by atoms with Crippen LogP contribution in [-0.2, 0) is 9.59 Å². The molecule has 0 aliphatic carbocycles. The Kier molecular flexibility index (Phi) is 7.80. The molecule has 0 aliphatic heterocycles. The van der Waals surface area contributed by atoms with Crippen molar-refractivity contribution in [2.24, 2.45) is 0 Å². The number of ether oxygens (including phenoxy) is 2. The van der Waals surface area contributed by atoms with Gasteiger partial charge in [-0.1, -0.05) is 28.1 Å². The minimum Gasteiger partial charge on any atom is -0.490 e. The number of carbonyl (C=O) groups is 2. The molecule has 0 spiro atoms. The Morgan fingerprint density at radius 1 is 1.24 bits per heavy atom. The van der Waals surface area contributed by atoms with E-state index in [4.69, 9.17) is 14.6 Å². The van der Waals surface area contributed by atoms with Gasteiger partial charge in [0.1, 0.15) is 11.6 Å². The van der Waals surface area contributed by atoms with Gasteiger partial charge in [-0.2, -0.15) is 5.26 Å². The van der Waals surface area contributed by atoms with E-state index < -0.39 is 18.5 Å². The summed E-state index contributed by atoms with van der Waals surface area (Å²) in [5.41, 5.74) is 1.97. The number of aliphatic carboxylic acids is 1. The Morgan fingerprint density at radius 2 is 1.97 bits per heavy atom. The molecule has 2 rings (SSSR count). The summed E-state index contributed by atoms with van der Waals surface area (Å²) in [7, 11) is 0. The van der Waals surface area contributed by atoms with Crippen LogP contribution in [-0.4, -0.2) is 30.2 Å². The Morgan fingerprint density at radius 3 is 2.59 bits per heavy atom. The van der Waals surface area contributed by atoms with E-state index in [1.54, 1.807) is 25.1 Å². The second-order valence-electron chi connectivity index (χ2n) is 5.93. The summed E-state index contributed by atoms with van der Waals surface area (Å²) < 4.78 is 11.2. The third-order valence-electron chi connectivity index (χ3n) is 3.65. The van der Waals surface area contributed by atoms with Gasteiger partial charge in [0, 0.05) is 10.2 Å². The second kappa shape index (κ2) is 10.3. The van der Waals surface area contributed by atoms with Crippen LogP contribution >= 0.6 is 15.9 Å². The van der Waals surface area contributed by atoms with Gasteiger partial charge in [-0.05, 0) is 55.3 Å². The maximum atomic E-state index is 12.5. The number of carboxylic acids is 1. The van der Waals surface area contributed by atoms with Gasteiger partial charge in [0.2, 0.25) is 0 Å². The van der Waals surface area contributed by atoms with Crippen molar-refractivity contribution in [2.75, 3.05) is 18.5 Å². The summed E-state index contributed by atoms with van der Waals surface area (Å²) in [5.74, 6) is -1.12. The molecule has 0 saturated carbocycles.